The van der Waals surface area contributed by atoms with Gasteiger partial charge in [0.15, 0.2) is 5.96 Å². The van der Waals surface area contributed by atoms with E-state index in [9.17, 15) is 13.2 Å². The SMILES string of the molecule is Br.NCC[C@H]1CN=C(Nc2cccc(C(F)(F)F)c2)N1. The van der Waals surface area contributed by atoms with Crippen molar-refractivity contribution < 1.29 is 13.2 Å². The molecule has 0 unspecified atom stereocenters. The van der Waals surface area contributed by atoms with Gasteiger partial charge in [0.2, 0.25) is 0 Å². The van der Waals surface area contributed by atoms with Crippen LogP contribution < -0.4 is 16.4 Å². The number of guanidine groups is 1. The third kappa shape index (κ3) is 4.38. The molecule has 0 aliphatic carbocycles. The zero-order valence-corrected chi connectivity index (χ0v) is 12.3. The summed E-state index contributed by atoms with van der Waals surface area (Å²) in [6.45, 7) is 1.13. The lowest BCUT2D eigenvalue weighted by atomic mass is 10.2. The molecule has 0 fully saturated rings. The Bertz CT molecular complexity index is 476. The van der Waals surface area contributed by atoms with Crippen molar-refractivity contribution in [3.8, 4) is 0 Å². The molecule has 0 radical (unpaired) electrons. The van der Waals surface area contributed by atoms with Crippen molar-refractivity contribution in [2.75, 3.05) is 18.4 Å². The van der Waals surface area contributed by atoms with Crippen LogP contribution in [0, 0.1) is 0 Å². The van der Waals surface area contributed by atoms with Gasteiger partial charge < -0.3 is 16.4 Å². The molecule has 1 heterocycles. The van der Waals surface area contributed by atoms with E-state index < -0.39 is 11.7 Å². The average molecular weight is 353 g/mol. The predicted molar refractivity (Wildman–Crippen MR) is 78.3 cm³/mol. The van der Waals surface area contributed by atoms with Gasteiger partial charge in [-0.1, -0.05) is 6.07 Å². The number of anilines is 1. The van der Waals surface area contributed by atoms with Crippen molar-refractivity contribution in [1.82, 2.24) is 5.32 Å². The molecule has 1 aliphatic heterocycles. The topological polar surface area (TPSA) is 62.4 Å². The maximum atomic E-state index is 12.6. The molecule has 0 saturated carbocycles. The zero-order valence-electron chi connectivity index (χ0n) is 10.6. The molecule has 4 nitrogen and oxygen atoms in total. The van der Waals surface area contributed by atoms with E-state index in [4.69, 9.17) is 5.73 Å². The summed E-state index contributed by atoms with van der Waals surface area (Å²) in [5, 5.41) is 5.92. The minimum atomic E-state index is -4.34. The Labute approximate surface area is 125 Å². The number of halogens is 4. The summed E-state index contributed by atoms with van der Waals surface area (Å²) in [6.07, 6.45) is -3.57. The molecule has 0 bridgehead atoms. The van der Waals surface area contributed by atoms with Crippen molar-refractivity contribution in [2.45, 2.75) is 18.6 Å². The minimum Gasteiger partial charge on any atom is -0.351 e. The van der Waals surface area contributed by atoms with Crippen LogP contribution >= 0.6 is 17.0 Å². The fourth-order valence-corrected chi connectivity index (χ4v) is 1.84. The second-order valence-electron chi connectivity index (χ2n) is 4.31. The van der Waals surface area contributed by atoms with E-state index in [0.29, 0.717) is 24.7 Å². The Balaban J connectivity index is 0.00000200. The third-order valence-electron chi connectivity index (χ3n) is 2.78. The number of nitrogens with zero attached hydrogens (tertiary/aromatic N) is 1. The van der Waals surface area contributed by atoms with E-state index in [1.165, 1.54) is 6.07 Å². The number of aliphatic imine (C=N–C) groups is 1. The van der Waals surface area contributed by atoms with E-state index in [-0.39, 0.29) is 23.0 Å². The van der Waals surface area contributed by atoms with Crippen LogP contribution in [0.15, 0.2) is 29.3 Å². The summed E-state index contributed by atoms with van der Waals surface area (Å²) in [5.74, 6) is 0.484. The quantitative estimate of drug-likeness (QED) is 0.782. The lowest BCUT2D eigenvalue weighted by Crippen LogP contribution is -2.35. The van der Waals surface area contributed by atoms with Gasteiger partial charge in [-0.2, -0.15) is 13.2 Å². The Kier molecular flexibility index (Phi) is 5.82. The normalized spacial score (nSPS) is 18.0. The molecule has 2 rings (SSSR count). The smallest absolute Gasteiger partial charge is 0.351 e. The lowest BCUT2D eigenvalue weighted by molar-refractivity contribution is -0.137. The van der Waals surface area contributed by atoms with Crippen LogP contribution in [0.25, 0.3) is 0 Å². The number of benzene rings is 1. The molecule has 1 aliphatic rings. The molecular weight excluding hydrogens is 337 g/mol. The van der Waals surface area contributed by atoms with Crippen molar-refractivity contribution in [1.29, 1.82) is 0 Å². The summed E-state index contributed by atoms with van der Waals surface area (Å²) in [4.78, 5) is 4.18. The zero-order chi connectivity index (χ0) is 13.9. The molecule has 8 heteroatoms. The molecular formula is C12H16BrF3N4. The molecule has 1 aromatic rings. The first-order valence-electron chi connectivity index (χ1n) is 5.94. The lowest BCUT2D eigenvalue weighted by Gasteiger charge is -2.13. The minimum absolute atomic E-state index is 0. The Hall–Kier alpha value is -1.28. The van der Waals surface area contributed by atoms with Gasteiger partial charge in [0.25, 0.3) is 0 Å². The number of rotatable bonds is 3. The molecule has 0 aromatic heterocycles. The van der Waals surface area contributed by atoms with Crippen LogP contribution in [0.3, 0.4) is 0 Å². The predicted octanol–water partition coefficient (Wildman–Crippen LogP) is 2.37. The van der Waals surface area contributed by atoms with Crippen LogP contribution in [-0.2, 0) is 6.18 Å². The highest BCUT2D eigenvalue weighted by Crippen LogP contribution is 2.30. The second kappa shape index (κ2) is 6.94. The van der Waals surface area contributed by atoms with E-state index in [2.05, 4.69) is 15.6 Å². The van der Waals surface area contributed by atoms with Crippen LogP contribution in [0.5, 0.6) is 0 Å². The highest BCUT2D eigenvalue weighted by Gasteiger charge is 2.30. The number of hydrogen-bond donors (Lipinski definition) is 3. The number of hydrogen-bond acceptors (Lipinski definition) is 4. The largest absolute Gasteiger partial charge is 0.416 e. The van der Waals surface area contributed by atoms with Gasteiger partial charge >= 0.3 is 6.18 Å². The number of nitrogens with two attached hydrogens (primary N) is 1. The molecule has 1 atom stereocenters. The van der Waals surface area contributed by atoms with Crippen molar-refractivity contribution in [3.05, 3.63) is 29.8 Å². The Morgan fingerprint density at radius 1 is 1.40 bits per heavy atom. The molecule has 0 amide bonds. The number of alkyl halides is 3. The van der Waals surface area contributed by atoms with Crippen molar-refractivity contribution >= 4 is 28.6 Å². The summed E-state index contributed by atoms with van der Waals surface area (Å²) < 4.78 is 37.7. The summed E-state index contributed by atoms with van der Waals surface area (Å²) >= 11 is 0. The van der Waals surface area contributed by atoms with Gasteiger partial charge in [-0.05, 0) is 31.2 Å². The van der Waals surface area contributed by atoms with Crippen LogP contribution in [0.1, 0.15) is 12.0 Å². The van der Waals surface area contributed by atoms with Gasteiger partial charge in [0, 0.05) is 11.7 Å². The number of nitrogens with one attached hydrogen (secondary N) is 2. The van der Waals surface area contributed by atoms with Gasteiger partial charge in [-0.3, -0.25) is 4.99 Å². The van der Waals surface area contributed by atoms with Gasteiger partial charge in [0.1, 0.15) is 0 Å². The summed E-state index contributed by atoms with van der Waals surface area (Å²) in [5.41, 5.74) is 5.11. The third-order valence-corrected chi connectivity index (χ3v) is 2.78. The fourth-order valence-electron chi connectivity index (χ4n) is 1.84. The monoisotopic (exact) mass is 352 g/mol. The maximum Gasteiger partial charge on any atom is 0.416 e. The van der Waals surface area contributed by atoms with E-state index in [0.717, 1.165) is 18.6 Å². The van der Waals surface area contributed by atoms with Crippen LogP contribution in [0.2, 0.25) is 0 Å². The van der Waals surface area contributed by atoms with Gasteiger partial charge in [0.05, 0.1) is 12.1 Å². The molecule has 4 N–H and O–H groups in total. The first-order chi connectivity index (χ1) is 8.99. The van der Waals surface area contributed by atoms with E-state index >= 15 is 0 Å². The standard InChI is InChI=1S/C12H15F3N4.BrH/c13-12(14,15)8-2-1-3-9(6-8)18-11-17-7-10(19-11)4-5-16;/h1-3,6,10H,4-5,7,16H2,(H2,17,18,19);1H/t10-;/m0./s1. The molecule has 20 heavy (non-hydrogen) atoms. The Morgan fingerprint density at radius 2 is 2.15 bits per heavy atom. The fraction of sp³-hybridized carbons (Fsp3) is 0.417. The van der Waals surface area contributed by atoms with Crippen LogP contribution in [0.4, 0.5) is 18.9 Å². The molecule has 0 saturated heterocycles. The maximum absolute atomic E-state index is 12.6. The summed E-state index contributed by atoms with van der Waals surface area (Å²) in [6, 6.07) is 5.17. The average Bonchev–Trinajstić information content (AvgIpc) is 2.76. The van der Waals surface area contributed by atoms with Crippen molar-refractivity contribution in [3.63, 3.8) is 0 Å². The Morgan fingerprint density at radius 3 is 2.80 bits per heavy atom. The molecule has 112 valence electrons. The van der Waals surface area contributed by atoms with Gasteiger partial charge in [-0.15, -0.1) is 17.0 Å². The van der Waals surface area contributed by atoms with E-state index in [1.54, 1.807) is 6.07 Å². The first kappa shape index (κ1) is 16.8. The molecule has 0 spiro atoms. The van der Waals surface area contributed by atoms with Crippen molar-refractivity contribution in [2.24, 2.45) is 10.7 Å². The van der Waals surface area contributed by atoms with E-state index in [1.807, 2.05) is 0 Å². The van der Waals surface area contributed by atoms with Gasteiger partial charge in [-0.25, -0.2) is 0 Å². The highest BCUT2D eigenvalue weighted by molar-refractivity contribution is 8.93. The summed E-state index contributed by atoms with van der Waals surface area (Å²) in [7, 11) is 0. The second-order valence-corrected chi connectivity index (χ2v) is 4.31. The first-order valence-corrected chi connectivity index (χ1v) is 5.94. The highest BCUT2D eigenvalue weighted by atomic mass is 79.9. The molecule has 1 aromatic carbocycles. The van der Waals surface area contributed by atoms with Crippen LogP contribution in [-0.4, -0.2) is 25.1 Å².